The molecule has 1 aromatic heterocycles. The minimum atomic E-state index is -0.508. The number of carbonyl (C=O) groups is 1. The molecule has 3 nitrogen and oxygen atoms in total. The molecule has 1 heterocycles. The van der Waals surface area contributed by atoms with Gasteiger partial charge in [-0.3, -0.25) is 0 Å². The molecular weight excluding hydrogens is 345 g/mol. The molecule has 0 amide bonds. The largest absolute Gasteiger partial charge is 0.421 e. The van der Waals surface area contributed by atoms with Crippen molar-refractivity contribution < 1.29 is 9.53 Å². The van der Waals surface area contributed by atoms with Gasteiger partial charge in [0.05, 0.1) is 16.3 Å². The summed E-state index contributed by atoms with van der Waals surface area (Å²) in [5.41, 5.74) is 3.07. The summed E-state index contributed by atoms with van der Waals surface area (Å²) in [6.45, 7) is 3.96. The van der Waals surface area contributed by atoms with Crippen LogP contribution in [-0.2, 0) is 0 Å². The van der Waals surface area contributed by atoms with Crippen LogP contribution in [0.2, 0.25) is 10.0 Å². The highest BCUT2D eigenvalue weighted by Gasteiger charge is 2.17. The van der Waals surface area contributed by atoms with Gasteiger partial charge in [0.1, 0.15) is 0 Å². The molecule has 3 aromatic rings. The van der Waals surface area contributed by atoms with E-state index in [1.807, 2.05) is 30.5 Å². The number of aromatic nitrogens is 1. The summed E-state index contributed by atoms with van der Waals surface area (Å²) >= 11 is 12.2. The van der Waals surface area contributed by atoms with E-state index in [2.05, 4.69) is 0 Å². The van der Waals surface area contributed by atoms with Crippen LogP contribution >= 0.6 is 23.2 Å². The number of hydrogen-bond acceptors (Lipinski definition) is 2. The summed E-state index contributed by atoms with van der Waals surface area (Å²) in [6.07, 6.45) is 0. The van der Waals surface area contributed by atoms with Gasteiger partial charge >= 0.3 is 5.97 Å². The van der Waals surface area contributed by atoms with E-state index in [0.29, 0.717) is 27.0 Å². The minimum absolute atomic E-state index is 0.320. The molecule has 5 heteroatoms. The minimum Gasteiger partial charge on any atom is -0.421 e. The van der Waals surface area contributed by atoms with Crippen molar-refractivity contribution in [3.8, 4) is 11.4 Å². The van der Waals surface area contributed by atoms with Gasteiger partial charge in [-0.25, -0.2) is 4.79 Å². The van der Waals surface area contributed by atoms with Crippen LogP contribution in [0.25, 0.3) is 5.69 Å². The number of carbonyl (C=O) groups excluding carboxylic acids is 1. The molecule has 0 atom stereocenters. The second-order valence-corrected chi connectivity index (χ2v) is 6.28. The van der Waals surface area contributed by atoms with Crippen LogP contribution in [0.1, 0.15) is 21.7 Å². The second-order valence-electron chi connectivity index (χ2n) is 5.43. The highest BCUT2D eigenvalue weighted by molar-refractivity contribution is 6.33. The summed E-state index contributed by atoms with van der Waals surface area (Å²) in [4.78, 5) is 12.5. The lowest BCUT2D eigenvalue weighted by Gasteiger charge is -2.15. The lowest BCUT2D eigenvalue weighted by Crippen LogP contribution is -2.11. The van der Waals surface area contributed by atoms with Gasteiger partial charge in [-0.05, 0) is 56.3 Å². The summed E-state index contributed by atoms with van der Waals surface area (Å²) in [5, 5.41) is 0.918. The number of nitrogens with zero attached hydrogens (tertiary/aromatic N) is 1. The number of halogens is 2. The molecule has 0 N–H and O–H groups in total. The molecule has 0 aliphatic rings. The van der Waals surface area contributed by atoms with E-state index in [1.54, 1.807) is 42.5 Å². The Morgan fingerprint density at radius 1 is 0.958 bits per heavy atom. The number of benzene rings is 2. The van der Waals surface area contributed by atoms with Gasteiger partial charge < -0.3 is 9.30 Å². The fourth-order valence-corrected chi connectivity index (χ4v) is 2.96. The molecule has 24 heavy (non-hydrogen) atoms. The van der Waals surface area contributed by atoms with Crippen LogP contribution in [0.5, 0.6) is 5.75 Å². The Kier molecular flexibility index (Phi) is 4.65. The van der Waals surface area contributed by atoms with Crippen LogP contribution in [0.3, 0.4) is 0 Å². The maximum Gasteiger partial charge on any atom is 0.345 e. The second kappa shape index (κ2) is 6.71. The van der Waals surface area contributed by atoms with E-state index in [1.165, 1.54) is 0 Å². The molecule has 0 aliphatic heterocycles. The SMILES string of the molecule is Cc1ccc(C)n1-c1cc(Cl)ccc1OC(=O)c1ccccc1Cl. The van der Waals surface area contributed by atoms with Crippen molar-refractivity contribution in [2.75, 3.05) is 0 Å². The van der Waals surface area contributed by atoms with E-state index in [-0.39, 0.29) is 0 Å². The van der Waals surface area contributed by atoms with Crippen LogP contribution < -0.4 is 4.74 Å². The molecule has 2 aromatic carbocycles. The Morgan fingerprint density at radius 2 is 1.62 bits per heavy atom. The Labute approximate surface area is 150 Å². The van der Waals surface area contributed by atoms with Crippen LogP contribution in [0, 0.1) is 13.8 Å². The molecule has 3 rings (SSSR count). The standard InChI is InChI=1S/C19H15Cl2NO2/c1-12-7-8-13(2)22(12)17-11-14(20)9-10-18(17)24-19(23)15-5-3-4-6-16(15)21/h3-11H,1-2H3. The number of hydrogen-bond donors (Lipinski definition) is 0. The van der Waals surface area contributed by atoms with Gasteiger partial charge in [0.15, 0.2) is 5.75 Å². The third-order valence-electron chi connectivity index (χ3n) is 3.73. The molecule has 0 saturated carbocycles. The monoisotopic (exact) mass is 359 g/mol. The molecule has 0 bridgehead atoms. The average molecular weight is 360 g/mol. The van der Waals surface area contributed by atoms with E-state index < -0.39 is 5.97 Å². The van der Waals surface area contributed by atoms with Gasteiger partial charge in [-0.2, -0.15) is 0 Å². The lowest BCUT2D eigenvalue weighted by atomic mass is 10.2. The number of ether oxygens (including phenoxy) is 1. The van der Waals surface area contributed by atoms with Gasteiger partial charge in [0.2, 0.25) is 0 Å². The normalized spacial score (nSPS) is 10.7. The maximum absolute atomic E-state index is 12.5. The van der Waals surface area contributed by atoms with E-state index in [4.69, 9.17) is 27.9 Å². The molecule has 122 valence electrons. The molecule has 0 radical (unpaired) electrons. The first-order valence-electron chi connectivity index (χ1n) is 7.39. The van der Waals surface area contributed by atoms with Crippen LogP contribution in [-0.4, -0.2) is 10.5 Å². The summed E-state index contributed by atoms with van der Waals surface area (Å²) in [6, 6.07) is 15.9. The summed E-state index contributed by atoms with van der Waals surface area (Å²) in [7, 11) is 0. The van der Waals surface area contributed by atoms with Crippen molar-refractivity contribution >= 4 is 29.2 Å². The lowest BCUT2D eigenvalue weighted by molar-refractivity contribution is 0.0734. The summed E-state index contributed by atoms with van der Waals surface area (Å²) in [5.74, 6) is -0.0849. The highest BCUT2D eigenvalue weighted by atomic mass is 35.5. The predicted molar refractivity (Wildman–Crippen MR) is 96.7 cm³/mol. The fourth-order valence-electron chi connectivity index (χ4n) is 2.58. The van der Waals surface area contributed by atoms with Crippen LogP contribution in [0.4, 0.5) is 0 Å². The zero-order valence-corrected chi connectivity index (χ0v) is 14.7. The first-order chi connectivity index (χ1) is 11.5. The number of rotatable bonds is 3. The smallest absolute Gasteiger partial charge is 0.345 e. The first-order valence-corrected chi connectivity index (χ1v) is 8.14. The molecular formula is C19H15Cl2NO2. The van der Waals surface area contributed by atoms with Crippen molar-refractivity contribution in [2.24, 2.45) is 0 Å². The molecule has 0 fully saturated rings. The van der Waals surface area contributed by atoms with Crippen molar-refractivity contribution in [2.45, 2.75) is 13.8 Å². The molecule has 0 saturated heterocycles. The van der Waals surface area contributed by atoms with E-state index >= 15 is 0 Å². The zero-order valence-electron chi connectivity index (χ0n) is 13.2. The first kappa shape index (κ1) is 16.6. The third kappa shape index (κ3) is 3.18. The van der Waals surface area contributed by atoms with Crippen molar-refractivity contribution in [3.63, 3.8) is 0 Å². The van der Waals surface area contributed by atoms with Gasteiger partial charge in [-0.15, -0.1) is 0 Å². The van der Waals surface area contributed by atoms with Crippen molar-refractivity contribution in [1.29, 1.82) is 0 Å². The molecule has 0 unspecified atom stereocenters. The van der Waals surface area contributed by atoms with Gasteiger partial charge in [0.25, 0.3) is 0 Å². The van der Waals surface area contributed by atoms with Crippen molar-refractivity contribution in [3.05, 3.63) is 81.6 Å². The highest BCUT2D eigenvalue weighted by Crippen LogP contribution is 2.30. The van der Waals surface area contributed by atoms with Gasteiger partial charge in [-0.1, -0.05) is 35.3 Å². The number of esters is 1. The average Bonchev–Trinajstić information content (AvgIpc) is 2.88. The quantitative estimate of drug-likeness (QED) is 0.448. The van der Waals surface area contributed by atoms with Crippen LogP contribution in [0.15, 0.2) is 54.6 Å². The van der Waals surface area contributed by atoms with Gasteiger partial charge in [0, 0.05) is 16.4 Å². The Hall–Kier alpha value is -2.23. The van der Waals surface area contributed by atoms with E-state index in [0.717, 1.165) is 11.4 Å². The topological polar surface area (TPSA) is 31.2 Å². The Morgan fingerprint density at radius 3 is 2.29 bits per heavy atom. The summed E-state index contributed by atoms with van der Waals surface area (Å²) < 4.78 is 7.59. The Bertz CT molecular complexity index is 896. The molecule has 0 spiro atoms. The van der Waals surface area contributed by atoms with Crippen molar-refractivity contribution in [1.82, 2.24) is 4.57 Å². The Balaban J connectivity index is 2.04. The number of aryl methyl sites for hydroxylation is 2. The van der Waals surface area contributed by atoms with E-state index in [9.17, 15) is 4.79 Å². The molecule has 0 aliphatic carbocycles. The zero-order chi connectivity index (χ0) is 17.3. The maximum atomic E-state index is 12.5. The third-order valence-corrected chi connectivity index (χ3v) is 4.29. The fraction of sp³-hybridized carbons (Fsp3) is 0.105. The predicted octanol–water partition coefficient (Wildman–Crippen LogP) is 5.62.